The highest BCUT2D eigenvalue weighted by Gasteiger charge is 2.15. The van der Waals surface area contributed by atoms with Crippen molar-refractivity contribution in [1.29, 1.82) is 0 Å². The topological polar surface area (TPSA) is 60.7 Å². The number of phenols is 1. The van der Waals surface area contributed by atoms with Crippen LogP contribution in [0.1, 0.15) is 42.7 Å². The number of aryl methyl sites for hydroxylation is 1. The third-order valence-electron chi connectivity index (χ3n) is 2.21. The highest BCUT2D eigenvalue weighted by molar-refractivity contribution is 5.45. The molecule has 3 nitrogen and oxygen atoms in total. The fraction of sp³-hybridized carbons (Fsp3) is 0.455. The van der Waals surface area contributed by atoms with Crippen molar-refractivity contribution in [2.24, 2.45) is 0 Å². The largest absolute Gasteiger partial charge is 0.507 e. The summed E-state index contributed by atoms with van der Waals surface area (Å²) in [6, 6.07) is 3.43. The maximum Gasteiger partial charge on any atom is 0.127 e. The molecule has 0 heterocycles. The molecule has 3 N–H and O–H groups in total. The first-order valence-electron chi connectivity index (χ1n) is 4.63. The molecule has 0 bridgehead atoms. The van der Waals surface area contributed by atoms with Crippen LogP contribution in [0.15, 0.2) is 12.1 Å². The van der Waals surface area contributed by atoms with Crippen molar-refractivity contribution in [2.45, 2.75) is 33.0 Å². The van der Waals surface area contributed by atoms with Gasteiger partial charge in [-0.2, -0.15) is 0 Å². The Morgan fingerprint density at radius 1 is 1.00 bits per heavy atom. The van der Waals surface area contributed by atoms with Crippen LogP contribution in [0, 0.1) is 6.92 Å². The molecular weight excluding hydrogens is 180 g/mol. The number of hydrogen-bond acceptors (Lipinski definition) is 3. The molecule has 3 heteroatoms. The standard InChI is InChI=1S/C11H16O3/c1-6-4-9(7(2)12)11(14)10(5-6)8(3)13/h4-5,7-8,12-14H,1-3H3. The van der Waals surface area contributed by atoms with Gasteiger partial charge in [-0.25, -0.2) is 0 Å². The molecule has 0 fully saturated rings. The lowest BCUT2D eigenvalue weighted by Gasteiger charge is -2.15. The summed E-state index contributed by atoms with van der Waals surface area (Å²) in [7, 11) is 0. The molecule has 0 radical (unpaired) electrons. The molecule has 0 saturated carbocycles. The van der Waals surface area contributed by atoms with Gasteiger partial charge in [0.15, 0.2) is 0 Å². The molecule has 2 atom stereocenters. The zero-order valence-electron chi connectivity index (χ0n) is 8.65. The van der Waals surface area contributed by atoms with E-state index in [1.165, 1.54) is 0 Å². The Bertz CT molecular complexity index is 300. The molecule has 78 valence electrons. The summed E-state index contributed by atoms with van der Waals surface area (Å²) in [6.07, 6.45) is -1.46. The van der Waals surface area contributed by atoms with E-state index in [4.69, 9.17) is 0 Å². The van der Waals surface area contributed by atoms with Gasteiger partial charge in [0, 0.05) is 11.1 Å². The highest BCUT2D eigenvalue weighted by atomic mass is 16.3. The van der Waals surface area contributed by atoms with E-state index in [1.807, 2.05) is 6.92 Å². The Morgan fingerprint density at radius 2 is 1.36 bits per heavy atom. The van der Waals surface area contributed by atoms with Gasteiger partial charge in [0.1, 0.15) is 5.75 Å². The fourth-order valence-electron chi connectivity index (χ4n) is 1.47. The highest BCUT2D eigenvalue weighted by Crippen LogP contribution is 2.32. The third kappa shape index (κ3) is 2.05. The molecular formula is C11H16O3. The minimum absolute atomic E-state index is 0.0133. The van der Waals surface area contributed by atoms with Crippen molar-refractivity contribution in [1.82, 2.24) is 0 Å². The van der Waals surface area contributed by atoms with Gasteiger partial charge >= 0.3 is 0 Å². The van der Waals surface area contributed by atoms with Gasteiger partial charge in [-0.1, -0.05) is 5.56 Å². The maximum absolute atomic E-state index is 9.73. The van der Waals surface area contributed by atoms with Gasteiger partial charge in [-0.05, 0) is 32.9 Å². The Balaban J connectivity index is 3.32. The molecule has 0 amide bonds. The molecule has 2 unspecified atom stereocenters. The van der Waals surface area contributed by atoms with Crippen molar-refractivity contribution < 1.29 is 15.3 Å². The van der Waals surface area contributed by atoms with Gasteiger partial charge in [-0.3, -0.25) is 0 Å². The van der Waals surface area contributed by atoms with E-state index in [2.05, 4.69) is 0 Å². The zero-order chi connectivity index (χ0) is 10.9. The summed E-state index contributed by atoms with van der Waals surface area (Å²) in [5.41, 5.74) is 1.83. The summed E-state index contributed by atoms with van der Waals surface area (Å²) in [5.74, 6) is -0.0133. The molecule has 1 rings (SSSR count). The van der Waals surface area contributed by atoms with Gasteiger partial charge in [0.25, 0.3) is 0 Å². The number of aliphatic hydroxyl groups is 2. The summed E-state index contributed by atoms with van der Waals surface area (Å²) < 4.78 is 0. The van der Waals surface area contributed by atoms with Crippen LogP contribution in [0.5, 0.6) is 5.75 Å². The minimum Gasteiger partial charge on any atom is -0.507 e. The predicted octanol–water partition coefficient (Wildman–Crippen LogP) is 1.81. The van der Waals surface area contributed by atoms with Crippen molar-refractivity contribution in [3.63, 3.8) is 0 Å². The van der Waals surface area contributed by atoms with E-state index in [-0.39, 0.29) is 5.75 Å². The van der Waals surface area contributed by atoms with Crippen molar-refractivity contribution >= 4 is 0 Å². The Hall–Kier alpha value is -1.06. The van der Waals surface area contributed by atoms with E-state index < -0.39 is 12.2 Å². The first-order valence-corrected chi connectivity index (χ1v) is 4.63. The van der Waals surface area contributed by atoms with Crippen molar-refractivity contribution in [2.75, 3.05) is 0 Å². The lowest BCUT2D eigenvalue weighted by Crippen LogP contribution is -1.99. The van der Waals surface area contributed by atoms with E-state index in [1.54, 1.807) is 26.0 Å². The summed E-state index contributed by atoms with van der Waals surface area (Å²) in [6.45, 7) is 5.03. The number of benzene rings is 1. The summed E-state index contributed by atoms with van der Waals surface area (Å²) in [5, 5.41) is 28.5. The van der Waals surface area contributed by atoms with Crippen LogP contribution in [0.2, 0.25) is 0 Å². The zero-order valence-corrected chi connectivity index (χ0v) is 8.65. The quantitative estimate of drug-likeness (QED) is 0.676. The van der Waals surface area contributed by atoms with E-state index >= 15 is 0 Å². The van der Waals surface area contributed by atoms with Crippen LogP contribution in [-0.4, -0.2) is 15.3 Å². The maximum atomic E-state index is 9.73. The molecule has 0 aliphatic rings. The molecule has 0 saturated heterocycles. The smallest absolute Gasteiger partial charge is 0.127 e. The van der Waals surface area contributed by atoms with Crippen LogP contribution in [0.3, 0.4) is 0 Å². The lowest BCUT2D eigenvalue weighted by molar-refractivity contribution is 0.184. The molecule has 0 spiro atoms. The number of rotatable bonds is 2. The summed E-state index contributed by atoms with van der Waals surface area (Å²) in [4.78, 5) is 0. The van der Waals surface area contributed by atoms with Crippen molar-refractivity contribution in [3.05, 3.63) is 28.8 Å². The second kappa shape index (κ2) is 3.98. The predicted molar refractivity (Wildman–Crippen MR) is 54.1 cm³/mol. The van der Waals surface area contributed by atoms with Crippen LogP contribution in [0.25, 0.3) is 0 Å². The first-order chi connectivity index (χ1) is 6.43. The van der Waals surface area contributed by atoms with E-state index in [0.717, 1.165) is 5.56 Å². The van der Waals surface area contributed by atoms with Crippen LogP contribution < -0.4 is 0 Å². The number of hydrogen-bond donors (Lipinski definition) is 3. The fourth-order valence-corrected chi connectivity index (χ4v) is 1.47. The second-order valence-electron chi connectivity index (χ2n) is 3.64. The third-order valence-corrected chi connectivity index (χ3v) is 2.21. The normalized spacial score (nSPS) is 15.2. The Kier molecular flexibility index (Phi) is 3.13. The van der Waals surface area contributed by atoms with E-state index in [9.17, 15) is 15.3 Å². The lowest BCUT2D eigenvalue weighted by atomic mass is 9.99. The molecule has 1 aromatic carbocycles. The molecule has 0 aliphatic heterocycles. The molecule has 14 heavy (non-hydrogen) atoms. The molecule has 0 aliphatic carbocycles. The second-order valence-corrected chi connectivity index (χ2v) is 3.64. The average molecular weight is 196 g/mol. The monoisotopic (exact) mass is 196 g/mol. The minimum atomic E-state index is -0.729. The van der Waals surface area contributed by atoms with Gasteiger partial charge < -0.3 is 15.3 Å². The Morgan fingerprint density at radius 3 is 1.64 bits per heavy atom. The first kappa shape index (κ1) is 11.0. The van der Waals surface area contributed by atoms with Crippen molar-refractivity contribution in [3.8, 4) is 5.75 Å². The SMILES string of the molecule is Cc1cc(C(C)O)c(O)c(C(C)O)c1. The van der Waals surface area contributed by atoms with E-state index in [0.29, 0.717) is 11.1 Å². The molecule has 0 aromatic heterocycles. The number of aliphatic hydroxyl groups excluding tert-OH is 2. The van der Waals surface area contributed by atoms with Gasteiger partial charge in [0.2, 0.25) is 0 Å². The summed E-state index contributed by atoms with van der Waals surface area (Å²) >= 11 is 0. The van der Waals surface area contributed by atoms with Crippen LogP contribution in [0.4, 0.5) is 0 Å². The van der Waals surface area contributed by atoms with Crippen LogP contribution >= 0.6 is 0 Å². The van der Waals surface area contributed by atoms with Gasteiger partial charge in [-0.15, -0.1) is 0 Å². The molecule has 1 aromatic rings. The van der Waals surface area contributed by atoms with Crippen LogP contribution in [-0.2, 0) is 0 Å². The Labute approximate surface area is 83.6 Å². The van der Waals surface area contributed by atoms with Gasteiger partial charge in [0.05, 0.1) is 12.2 Å². The number of phenolic OH excluding ortho intramolecular Hbond substituents is 1. The number of aromatic hydroxyl groups is 1. The average Bonchev–Trinajstić information content (AvgIpc) is 2.07.